The Kier molecular flexibility index (Phi) is 4.34. The zero-order valence-electron chi connectivity index (χ0n) is 11.0. The molecule has 0 bridgehead atoms. The number of anilines is 1. The second kappa shape index (κ2) is 5.82. The number of alkyl halides is 3. The molecule has 1 aliphatic rings. The predicted molar refractivity (Wildman–Crippen MR) is 70.4 cm³/mol. The second-order valence-corrected chi connectivity index (χ2v) is 4.91. The average molecular weight is 272 g/mol. The average Bonchev–Trinajstić information content (AvgIpc) is 2.64. The van der Waals surface area contributed by atoms with Gasteiger partial charge >= 0.3 is 6.18 Å². The van der Waals surface area contributed by atoms with Gasteiger partial charge in [0, 0.05) is 31.9 Å². The highest BCUT2D eigenvalue weighted by atomic mass is 19.4. The van der Waals surface area contributed by atoms with Crippen LogP contribution >= 0.6 is 0 Å². The first-order chi connectivity index (χ1) is 9.00. The summed E-state index contributed by atoms with van der Waals surface area (Å²) >= 11 is 0. The van der Waals surface area contributed by atoms with Crippen LogP contribution in [0.15, 0.2) is 24.3 Å². The largest absolute Gasteiger partial charge is 0.394 e. The molecule has 0 spiro atoms. The van der Waals surface area contributed by atoms with Crippen LogP contribution in [0.25, 0.3) is 0 Å². The minimum Gasteiger partial charge on any atom is -0.370 e. The van der Waals surface area contributed by atoms with E-state index in [2.05, 4.69) is 12.2 Å². The van der Waals surface area contributed by atoms with Crippen molar-refractivity contribution in [2.24, 2.45) is 5.92 Å². The number of hydrogen-bond donors (Lipinski definition) is 1. The molecule has 1 heterocycles. The first-order valence-corrected chi connectivity index (χ1v) is 6.62. The number of hydrogen-bond acceptors (Lipinski definition) is 2. The van der Waals surface area contributed by atoms with E-state index in [1.54, 1.807) is 0 Å². The van der Waals surface area contributed by atoms with Crippen molar-refractivity contribution in [2.45, 2.75) is 19.5 Å². The highest BCUT2D eigenvalue weighted by molar-refractivity contribution is 5.48. The van der Waals surface area contributed by atoms with Gasteiger partial charge in [0.05, 0.1) is 5.92 Å². The van der Waals surface area contributed by atoms with Crippen LogP contribution in [0.3, 0.4) is 0 Å². The molecule has 0 amide bonds. The van der Waals surface area contributed by atoms with E-state index in [0.29, 0.717) is 13.1 Å². The van der Waals surface area contributed by atoms with Crippen LogP contribution in [0.1, 0.15) is 12.5 Å². The lowest BCUT2D eigenvalue weighted by Crippen LogP contribution is -2.38. The van der Waals surface area contributed by atoms with Gasteiger partial charge in [-0.15, -0.1) is 0 Å². The Morgan fingerprint density at radius 2 is 1.95 bits per heavy atom. The zero-order valence-corrected chi connectivity index (χ0v) is 11.0. The molecule has 1 aliphatic heterocycles. The fraction of sp³-hybridized carbons (Fsp3) is 0.571. The summed E-state index contributed by atoms with van der Waals surface area (Å²) in [4.78, 5) is 1.82. The molecule has 106 valence electrons. The van der Waals surface area contributed by atoms with Crippen LogP contribution in [0.2, 0.25) is 0 Å². The van der Waals surface area contributed by atoms with E-state index < -0.39 is 12.1 Å². The first kappa shape index (κ1) is 14.2. The number of benzene rings is 1. The van der Waals surface area contributed by atoms with E-state index >= 15 is 0 Å². The second-order valence-electron chi connectivity index (χ2n) is 4.91. The third-order valence-corrected chi connectivity index (χ3v) is 3.56. The Hall–Kier alpha value is -1.23. The van der Waals surface area contributed by atoms with E-state index in [4.69, 9.17) is 0 Å². The van der Waals surface area contributed by atoms with E-state index in [0.717, 1.165) is 12.1 Å². The molecule has 2 rings (SSSR count). The fourth-order valence-corrected chi connectivity index (χ4v) is 2.31. The first-order valence-electron chi connectivity index (χ1n) is 6.62. The van der Waals surface area contributed by atoms with Gasteiger partial charge in [-0.3, -0.25) is 0 Å². The number of halogens is 3. The molecular formula is C14H19F3N2. The fourth-order valence-electron chi connectivity index (χ4n) is 2.31. The molecule has 0 radical (unpaired) electrons. The Labute approximate surface area is 111 Å². The van der Waals surface area contributed by atoms with Crippen LogP contribution in [0, 0.1) is 5.92 Å². The molecule has 0 saturated carbocycles. The van der Waals surface area contributed by atoms with Crippen molar-refractivity contribution in [3.63, 3.8) is 0 Å². The Bertz CT molecular complexity index is 400. The summed E-state index contributed by atoms with van der Waals surface area (Å²) in [6, 6.07) is 7.79. The van der Waals surface area contributed by atoms with Gasteiger partial charge < -0.3 is 10.2 Å². The smallest absolute Gasteiger partial charge is 0.370 e. The molecule has 1 fully saturated rings. The molecule has 1 atom stereocenters. The number of rotatable bonds is 2. The number of nitrogens with one attached hydrogen (secondary N) is 1. The topological polar surface area (TPSA) is 15.3 Å². The van der Waals surface area contributed by atoms with Crippen molar-refractivity contribution in [1.82, 2.24) is 5.32 Å². The van der Waals surface area contributed by atoms with Gasteiger partial charge in [0.25, 0.3) is 0 Å². The minimum atomic E-state index is -4.14. The van der Waals surface area contributed by atoms with Crippen molar-refractivity contribution in [2.75, 3.05) is 31.1 Å². The summed E-state index contributed by atoms with van der Waals surface area (Å²) < 4.78 is 38.6. The van der Waals surface area contributed by atoms with Crippen molar-refractivity contribution in [3.8, 4) is 0 Å². The van der Waals surface area contributed by atoms with Gasteiger partial charge in [0.2, 0.25) is 0 Å². The minimum absolute atomic E-state index is 0.00699. The van der Waals surface area contributed by atoms with Crippen LogP contribution < -0.4 is 10.2 Å². The van der Waals surface area contributed by atoms with Crippen molar-refractivity contribution in [1.29, 1.82) is 0 Å². The maximum absolute atomic E-state index is 12.9. The van der Waals surface area contributed by atoms with Gasteiger partial charge in [0.1, 0.15) is 0 Å². The maximum atomic E-state index is 12.9. The summed E-state index contributed by atoms with van der Waals surface area (Å²) in [5, 5.41) is 2.86. The summed E-state index contributed by atoms with van der Waals surface area (Å²) in [6.45, 7) is 3.29. The molecule has 1 aromatic carbocycles. The maximum Gasteiger partial charge on any atom is 0.394 e. The summed E-state index contributed by atoms with van der Waals surface area (Å²) in [6.07, 6.45) is -3.20. The van der Waals surface area contributed by atoms with Crippen molar-refractivity contribution >= 4 is 5.69 Å². The van der Waals surface area contributed by atoms with E-state index in [-0.39, 0.29) is 13.1 Å². The van der Waals surface area contributed by atoms with E-state index in [1.165, 1.54) is 5.56 Å². The molecule has 5 heteroatoms. The predicted octanol–water partition coefficient (Wildman–Crippen LogP) is 2.84. The van der Waals surface area contributed by atoms with Gasteiger partial charge in [-0.25, -0.2) is 0 Å². The Morgan fingerprint density at radius 3 is 2.53 bits per heavy atom. The standard InChI is InChI=1S/C14H19F3N2/c1-2-11-3-5-13(6-4-11)19-8-7-18-9-12(10-19)14(15,16)17/h3-6,12,18H,2,7-10H2,1H3. The normalized spacial score (nSPS) is 21.3. The quantitative estimate of drug-likeness (QED) is 0.890. The Balaban J connectivity index is 2.13. The number of nitrogens with zero attached hydrogens (tertiary/aromatic N) is 1. The molecule has 1 N–H and O–H groups in total. The van der Waals surface area contributed by atoms with Crippen LogP contribution in [-0.4, -0.2) is 32.4 Å². The Morgan fingerprint density at radius 1 is 1.26 bits per heavy atom. The zero-order chi connectivity index (χ0) is 13.9. The molecule has 2 nitrogen and oxygen atoms in total. The van der Waals surface area contributed by atoms with Crippen LogP contribution in [0.5, 0.6) is 0 Å². The number of aryl methyl sites for hydroxylation is 1. The van der Waals surface area contributed by atoms with Crippen LogP contribution in [0.4, 0.5) is 18.9 Å². The van der Waals surface area contributed by atoms with Crippen molar-refractivity contribution < 1.29 is 13.2 Å². The molecule has 19 heavy (non-hydrogen) atoms. The lowest BCUT2D eigenvalue weighted by atomic mass is 10.1. The third-order valence-electron chi connectivity index (χ3n) is 3.56. The lowest BCUT2D eigenvalue weighted by molar-refractivity contribution is -0.169. The highest BCUT2D eigenvalue weighted by Gasteiger charge is 2.41. The molecule has 1 saturated heterocycles. The molecular weight excluding hydrogens is 253 g/mol. The van der Waals surface area contributed by atoms with E-state index in [9.17, 15) is 13.2 Å². The molecule has 1 unspecified atom stereocenters. The molecule has 1 aromatic rings. The summed E-state index contributed by atoms with van der Waals surface area (Å²) in [5.74, 6) is -1.30. The van der Waals surface area contributed by atoms with Gasteiger partial charge in [0.15, 0.2) is 0 Å². The highest BCUT2D eigenvalue weighted by Crippen LogP contribution is 2.29. The summed E-state index contributed by atoms with van der Waals surface area (Å²) in [5.41, 5.74) is 2.07. The SMILES string of the molecule is CCc1ccc(N2CCNCC(C(F)(F)F)C2)cc1. The van der Waals surface area contributed by atoms with E-state index in [1.807, 2.05) is 29.2 Å². The van der Waals surface area contributed by atoms with Gasteiger partial charge in [-0.05, 0) is 24.1 Å². The molecule has 0 aliphatic carbocycles. The van der Waals surface area contributed by atoms with Gasteiger partial charge in [-0.1, -0.05) is 19.1 Å². The third kappa shape index (κ3) is 3.62. The van der Waals surface area contributed by atoms with Crippen molar-refractivity contribution in [3.05, 3.63) is 29.8 Å². The lowest BCUT2D eigenvalue weighted by Gasteiger charge is -2.27. The monoisotopic (exact) mass is 272 g/mol. The van der Waals surface area contributed by atoms with Crippen LogP contribution in [-0.2, 0) is 6.42 Å². The molecule has 0 aromatic heterocycles. The van der Waals surface area contributed by atoms with Gasteiger partial charge in [-0.2, -0.15) is 13.2 Å². The summed E-state index contributed by atoms with van der Waals surface area (Å²) in [7, 11) is 0.